The fourth-order valence-corrected chi connectivity index (χ4v) is 5.38. The third-order valence-electron chi connectivity index (χ3n) is 7.44. The number of methoxy groups -OCH3 is 1. The number of carbonyl (C=O) groups is 2. The summed E-state index contributed by atoms with van der Waals surface area (Å²) in [5.41, 5.74) is 1.19. The minimum absolute atomic E-state index is 0.0570. The molecule has 2 aliphatic heterocycles. The van der Waals surface area contributed by atoms with E-state index in [1.54, 1.807) is 7.11 Å². The van der Waals surface area contributed by atoms with E-state index in [-0.39, 0.29) is 17.2 Å². The van der Waals surface area contributed by atoms with Gasteiger partial charge >= 0.3 is 0 Å². The second kappa shape index (κ2) is 8.37. The predicted molar refractivity (Wildman–Crippen MR) is 112 cm³/mol. The fraction of sp³-hybridized carbons (Fsp3) is 0.667. The van der Waals surface area contributed by atoms with Gasteiger partial charge in [-0.25, -0.2) is 0 Å². The van der Waals surface area contributed by atoms with E-state index in [0.29, 0.717) is 18.9 Å². The molecule has 0 bridgehead atoms. The van der Waals surface area contributed by atoms with Gasteiger partial charge in [0.25, 0.3) is 0 Å². The smallest absolute Gasteiger partial charge is 0.225 e. The summed E-state index contributed by atoms with van der Waals surface area (Å²) in [6, 6.07) is 7.95. The Hall–Kier alpha value is -2.04. The molecule has 1 saturated carbocycles. The number of benzene rings is 1. The molecule has 1 aliphatic carbocycles. The van der Waals surface area contributed by atoms with Gasteiger partial charge in [-0.05, 0) is 62.1 Å². The van der Waals surface area contributed by atoms with Crippen molar-refractivity contribution in [2.45, 2.75) is 58.4 Å². The number of piperidine rings is 1. The zero-order chi connectivity index (χ0) is 20.4. The number of hydrogen-bond donors (Lipinski definition) is 0. The molecule has 5 heteroatoms. The number of nitrogens with zero attached hydrogens (tertiary/aromatic N) is 2. The van der Waals surface area contributed by atoms with Crippen molar-refractivity contribution >= 4 is 11.8 Å². The lowest BCUT2D eigenvalue weighted by molar-refractivity contribution is -0.139. The molecule has 158 valence electrons. The number of hydrogen-bond acceptors (Lipinski definition) is 3. The van der Waals surface area contributed by atoms with E-state index in [1.807, 2.05) is 29.2 Å². The summed E-state index contributed by atoms with van der Waals surface area (Å²) in [6.45, 7) is 5.40. The molecule has 1 aromatic carbocycles. The van der Waals surface area contributed by atoms with E-state index in [9.17, 15) is 9.59 Å². The minimum Gasteiger partial charge on any atom is -0.497 e. The summed E-state index contributed by atoms with van der Waals surface area (Å²) in [7, 11) is 1.66. The second-order valence-electron chi connectivity index (χ2n) is 9.56. The van der Waals surface area contributed by atoms with Gasteiger partial charge in [-0.15, -0.1) is 0 Å². The highest BCUT2D eigenvalue weighted by atomic mass is 16.5. The van der Waals surface area contributed by atoms with Crippen LogP contribution in [0.5, 0.6) is 5.75 Å². The zero-order valence-electron chi connectivity index (χ0n) is 17.9. The van der Waals surface area contributed by atoms with Crippen LogP contribution in [0.1, 0.15) is 57.4 Å². The maximum Gasteiger partial charge on any atom is 0.225 e. The summed E-state index contributed by atoms with van der Waals surface area (Å²) >= 11 is 0. The van der Waals surface area contributed by atoms with Crippen LogP contribution in [0, 0.1) is 17.3 Å². The van der Waals surface area contributed by atoms with Crippen LogP contribution in [0.4, 0.5) is 0 Å². The Morgan fingerprint density at radius 1 is 1.10 bits per heavy atom. The molecule has 1 spiro atoms. The highest BCUT2D eigenvalue weighted by molar-refractivity contribution is 5.80. The molecular weight excluding hydrogens is 364 g/mol. The first-order valence-corrected chi connectivity index (χ1v) is 11.2. The highest BCUT2D eigenvalue weighted by Gasteiger charge is 2.45. The van der Waals surface area contributed by atoms with E-state index in [2.05, 4.69) is 11.8 Å². The lowest BCUT2D eigenvalue weighted by Gasteiger charge is -2.40. The van der Waals surface area contributed by atoms with Gasteiger partial charge < -0.3 is 14.5 Å². The normalized spacial score (nSPS) is 26.8. The molecule has 5 nitrogen and oxygen atoms in total. The minimum atomic E-state index is 0.0570. The van der Waals surface area contributed by atoms with Crippen molar-refractivity contribution in [2.75, 3.05) is 26.7 Å². The molecule has 3 fully saturated rings. The number of carbonyl (C=O) groups excluding carboxylic acids is 2. The maximum atomic E-state index is 12.9. The van der Waals surface area contributed by atoms with Crippen LogP contribution in [-0.2, 0) is 16.1 Å². The van der Waals surface area contributed by atoms with E-state index in [1.165, 1.54) is 12.8 Å². The van der Waals surface area contributed by atoms with Crippen LogP contribution >= 0.6 is 0 Å². The van der Waals surface area contributed by atoms with Crippen molar-refractivity contribution in [2.24, 2.45) is 17.3 Å². The molecule has 3 aliphatic rings. The topological polar surface area (TPSA) is 49.9 Å². The van der Waals surface area contributed by atoms with Gasteiger partial charge in [0.2, 0.25) is 11.8 Å². The molecule has 4 rings (SSSR count). The van der Waals surface area contributed by atoms with Crippen molar-refractivity contribution in [3.63, 3.8) is 0 Å². The zero-order valence-corrected chi connectivity index (χ0v) is 17.9. The molecule has 0 radical (unpaired) electrons. The summed E-state index contributed by atoms with van der Waals surface area (Å²) in [5.74, 6) is 2.46. The SMILES string of the molecule is COc1ccc(CN2CC3(CCN(C(=O)C4CCC(C)CC4)CC3)CC2=O)cc1. The molecule has 2 amide bonds. The molecule has 0 aromatic heterocycles. The molecular formula is C24H34N2O3. The first-order chi connectivity index (χ1) is 14.0. The fourth-order valence-electron chi connectivity index (χ4n) is 5.38. The van der Waals surface area contributed by atoms with Crippen LogP contribution < -0.4 is 4.74 Å². The highest BCUT2D eigenvalue weighted by Crippen LogP contribution is 2.42. The summed E-state index contributed by atoms with van der Waals surface area (Å²) in [4.78, 5) is 29.7. The summed E-state index contributed by atoms with van der Waals surface area (Å²) in [5, 5.41) is 0. The number of amides is 2. The van der Waals surface area contributed by atoms with E-state index in [4.69, 9.17) is 4.74 Å². The number of rotatable bonds is 4. The molecule has 0 unspecified atom stereocenters. The summed E-state index contributed by atoms with van der Waals surface area (Å²) in [6.07, 6.45) is 7.00. The molecule has 0 N–H and O–H groups in total. The van der Waals surface area contributed by atoms with Gasteiger partial charge in [0.15, 0.2) is 0 Å². The molecule has 2 heterocycles. The van der Waals surface area contributed by atoms with Gasteiger partial charge in [-0.3, -0.25) is 9.59 Å². The standard InChI is InChI=1S/C24H34N2O3/c1-18-3-7-20(8-4-18)23(28)25-13-11-24(12-14-25)15-22(27)26(17-24)16-19-5-9-21(29-2)10-6-19/h5-6,9-10,18,20H,3-4,7-8,11-17H2,1-2H3. The van der Waals surface area contributed by atoms with Crippen molar-refractivity contribution in [3.05, 3.63) is 29.8 Å². The molecule has 29 heavy (non-hydrogen) atoms. The van der Waals surface area contributed by atoms with E-state index >= 15 is 0 Å². The molecule has 2 saturated heterocycles. The third-order valence-corrected chi connectivity index (χ3v) is 7.44. The Morgan fingerprint density at radius 2 is 1.76 bits per heavy atom. The van der Waals surface area contributed by atoms with Crippen molar-refractivity contribution in [1.29, 1.82) is 0 Å². The number of likely N-dealkylation sites (tertiary alicyclic amines) is 2. The lowest BCUT2D eigenvalue weighted by atomic mass is 9.76. The Kier molecular flexibility index (Phi) is 5.84. The quantitative estimate of drug-likeness (QED) is 0.774. The Labute approximate surface area is 174 Å². The average molecular weight is 399 g/mol. The van der Waals surface area contributed by atoms with Crippen LogP contribution in [0.25, 0.3) is 0 Å². The van der Waals surface area contributed by atoms with Gasteiger partial charge in [-0.1, -0.05) is 19.1 Å². The molecule has 0 atom stereocenters. The Morgan fingerprint density at radius 3 is 2.38 bits per heavy atom. The Bertz CT molecular complexity index is 729. The van der Waals surface area contributed by atoms with E-state index < -0.39 is 0 Å². The third kappa shape index (κ3) is 4.44. The van der Waals surface area contributed by atoms with Crippen LogP contribution in [0.15, 0.2) is 24.3 Å². The number of ether oxygens (including phenoxy) is 1. The first-order valence-electron chi connectivity index (χ1n) is 11.2. The van der Waals surface area contributed by atoms with E-state index in [0.717, 1.165) is 62.5 Å². The van der Waals surface area contributed by atoms with Crippen molar-refractivity contribution in [3.8, 4) is 5.75 Å². The predicted octanol–water partition coefficient (Wildman–Crippen LogP) is 3.86. The van der Waals surface area contributed by atoms with Gasteiger partial charge in [0.1, 0.15) is 5.75 Å². The van der Waals surface area contributed by atoms with Crippen LogP contribution in [-0.4, -0.2) is 48.4 Å². The first kappa shape index (κ1) is 20.2. The maximum absolute atomic E-state index is 12.9. The Balaban J connectivity index is 1.31. The summed E-state index contributed by atoms with van der Waals surface area (Å²) < 4.78 is 5.22. The van der Waals surface area contributed by atoms with Crippen molar-refractivity contribution in [1.82, 2.24) is 9.80 Å². The van der Waals surface area contributed by atoms with Gasteiger partial charge in [-0.2, -0.15) is 0 Å². The molecule has 1 aromatic rings. The van der Waals surface area contributed by atoms with Gasteiger partial charge in [0, 0.05) is 43.9 Å². The van der Waals surface area contributed by atoms with Gasteiger partial charge in [0.05, 0.1) is 7.11 Å². The lowest BCUT2D eigenvalue weighted by Crippen LogP contribution is -2.46. The van der Waals surface area contributed by atoms with Crippen LogP contribution in [0.3, 0.4) is 0 Å². The average Bonchev–Trinajstić information content (AvgIpc) is 3.03. The largest absolute Gasteiger partial charge is 0.497 e. The van der Waals surface area contributed by atoms with Crippen molar-refractivity contribution < 1.29 is 14.3 Å². The van der Waals surface area contributed by atoms with Crippen LogP contribution in [0.2, 0.25) is 0 Å². The monoisotopic (exact) mass is 398 g/mol. The second-order valence-corrected chi connectivity index (χ2v) is 9.56.